The van der Waals surface area contributed by atoms with E-state index >= 15 is 0 Å². The predicted molar refractivity (Wildman–Crippen MR) is 107 cm³/mol. The minimum absolute atomic E-state index is 0.0360. The van der Waals surface area contributed by atoms with E-state index in [0.29, 0.717) is 43.6 Å². The number of nitrogens with zero attached hydrogens (tertiary/aromatic N) is 3. The van der Waals surface area contributed by atoms with Crippen LogP contribution in [0, 0.1) is 12.3 Å². The second-order valence-electron chi connectivity index (χ2n) is 8.53. The van der Waals surface area contributed by atoms with E-state index < -0.39 is 0 Å². The largest absolute Gasteiger partial charge is 0.497 e. The maximum atomic E-state index is 13.4. The van der Waals surface area contributed by atoms with E-state index in [2.05, 4.69) is 10.2 Å². The second kappa shape index (κ2) is 7.78. The van der Waals surface area contributed by atoms with Crippen LogP contribution in [0.25, 0.3) is 0 Å². The van der Waals surface area contributed by atoms with Gasteiger partial charge in [-0.2, -0.15) is 0 Å². The summed E-state index contributed by atoms with van der Waals surface area (Å²) in [5, 5.41) is 8.60. The zero-order valence-corrected chi connectivity index (χ0v) is 17.6. The first-order valence-electron chi connectivity index (χ1n) is 10.3. The summed E-state index contributed by atoms with van der Waals surface area (Å²) in [6, 6.07) is 5.59. The molecule has 3 heterocycles. The number of hydrogen-bond acceptors (Lipinski definition) is 6. The van der Waals surface area contributed by atoms with Gasteiger partial charge in [-0.15, -0.1) is 10.2 Å². The van der Waals surface area contributed by atoms with Gasteiger partial charge in [0.2, 0.25) is 11.8 Å². The number of carbonyl (C=O) groups is 1. The molecule has 0 radical (unpaired) electrons. The zero-order valence-electron chi connectivity index (χ0n) is 17.6. The Morgan fingerprint density at radius 3 is 2.66 bits per heavy atom. The average molecular weight is 399 g/mol. The van der Waals surface area contributed by atoms with Crippen LogP contribution >= 0.6 is 0 Å². The Hall–Kier alpha value is -2.41. The molecule has 1 amide bonds. The summed E-state index contributed by atoms with van der Waals surface area (Å²) in [6.07, 6.45) is 1.78. The van der Waals surface area contributed by atoms with Crippen molar-refractivity contribution in [1.29, 1.82) is 0 Å². The van der Waals surface area contributed by atoms with Crippen LogP contribution in [0.3, 0.4) is 0 Å². The van der Waals surface area contributed by atoms with Gasteiger partial charge in [-0.3, -0.25) is 4.79 Å². The molecule has 2 saturated heterocycles. The number of amides is 1. The fourth-order valence-electron chi connectivity index (χ4n) is 4.54. The lowest BCUT2D eigenvalue weighted by Gasteiger charge is -2.36. The van der Waals surface area contributed by atoms with Gasteiger partial charge in [-0.05, 0) is 43.5 Å². The Kier molecular flexibility index (Phi) is 5.34. The van der Waals surface area contributed by atoms with Gasteiger partial charge in [0, 0.05) is 43.2 Å². The van der Waals surface area contributed by atoms with E-state index in [9.17, 15) is 4.79 Å². The average Bonchev–Trinajstić information content (AvgIpc) is 3.33. The highest BCUT2D eigenvalue weighted by molar-refractivity contribution is 5.96. The number of methoxy groups -OCH3 is 1. The third-order valence-electron chi connectivity index (χ3n) is 6.34. The Balaban J connectivity index is 1.63. The van der Waals surface area contributed by atoms with Crippen molar-refractivity contribution in [2.24, 2.45) is 5.41 Å². The van der Waals surface area contributed by atoms with Crippen molar-refractivity contribution < 1.29 is 18.7 Å². The monoisotopic (exact) mass is 399 g/mol. The Morgan fingerprint density at radius 1 is 1.28 bits per heavy atom. The number of carbonyl (C=O) groups excluding carboxylic acids is 1. The fraction of sp³-hybridized carbons (Fsp3) is 0.591. The van der Waals surface area contributed by atoms with Crippen LogP contribution < -0.4 is 4.74 Å². The van der Waals surface area contributed by atoms with E-state index in [1.165, 1.54) is 0 Å². The van der Waals surface area contributed by atoms with Gasteiger partial charge in [0.05, 0.1) is 13.0 Å². The van der Waals surface area contributed by atoms with Gasteiger partial charge in [-0.1, -0.05) is 13.8 Å². The first kappa shape index (κ1) is 19.9. The summed E-state index contributed by atoms with van der Waals surface area (Å²) in [4.78, 5) is 15.3. The van der Waals surface area contributed by atoms with Crippen molar-refractivity contribution in [1.82, 2.24) is 15.1 Å². The molecule has 2 aliphatic rings. The summed E-state index contributed by atoms with van der Waals surface area (Å²) in [7, 11) is 1.63. The summed E-state index contributed by atoms with van der Waals surface area (Å²) in [5.41, 5.74) is 1.55. The highest BCUT2D eigenvalue weighted by Gasteiger charge is 2.51. The van der Waals surface area contributed by atoms with Gasteiger partial charge in [0.1, 0.15) is 5.75 Å². The zero-order chi connectivity index (χ0) is 20.6. The highest BCUT2D eigenvalue weighted by Crippen LogP contribution is 2.49. The predicted octanol–water partition coefficient (Wildman–Crippen LogP) is 3.55. The van der Waals surface area contributed by atoms with Gasteiger partial charge < -0.3 is 18.8 Å². The lowest BCUT2D eigenvalue weighted by Crippen LogP contribution is -2.37. The van der Waals surface area contributed by atoms with Crippen molar-refractivity contribution in [2.45, 2.75) is 45.4 Å². The fourth-order valence-corrected chi connectivity index (χ4v) is 4.54. The maximum absolute atomic E-state index is 13.4. The van der Waals surface area contributed by atoms with Crippen LogP contribution in [-0.2, 0) is 4.74 Å². The number of hydrogen-bond donors (Lipinski definition) is 0. The molecule has 7 heteroatoms. The first-order valence-corrected chi connectivity index (χ1v) is 10.3. The van der Waals surface area contributed by atoms with Crippen LogP contribution in [0.4, 0.5) is 0 Å². The summed E-state index contributed by atoms with van der Waals surface area (Å²) in [5.74, 6) is 2.32. The Morgan fingerprint density at radius 2 is 2.03 bits per heavy atom. The van der Waals surface area contributed by atoms with Crippen LogP contribution in [0.1, 0.15) is 66.2 Å². The van der Waals surface area contributed by atoms with Crippen LogP contribution in [0.2, 0.25) is 0 Å². The normalized spacial score (nSPS) is 21.1. The number of aromatic nitrogens is 2. The van der Waals surface area contributed by atoms with Crippen molar-refractivity contribution in [3.63, 3.8) is 0 Å². The van der Waals surface area contributed by atoms with Gasteiger partial charge in [0.15, 0.2) is 0 Å². The second-order valence-corrected chi connectivity index (χ2v) is 8.53. The molecule has 0 N–H and O–H groups in total. The summed E-state index contributed by atoms with van der Waals surface area (Å²) >= 11 is 0. The topological polar surface area (TPSA) is 77.7 Å². The lowest BCUT2D eigenvalue weighted by molar-refractivity contribution is 0.00887. The smallest absolute Gasteiger partial charge is 0.254 e. The quantitative estimate of drug-likeness (QED) is 0.782. The van der Waals surface area contributed by atoms with Gasteiger partial charge >= 0.3 is 0 Å². The molecule has 1 atom stereocenters. The number of aryl methyl sites for hydroxylation is 1. The van der Waals surface area contributed by atoms with E-state index in [4.69, 9.17) is 13.9 Å². The third-order valence-corrected chi connectivity index (χ3v) is 6.34. The van der Waals surface area contributed by atoms with E-state index in [-0.39, 0.29) is 23.2 Å². The van der Waals surface area contributed by atoms with Gasteiger partial charge in [-0.25, -0.2) is 0 Å². The Labute approximate surface area is 171 Å². The molecule has 2 fully saturated rings. The van der Waals surface area contributed by atoms with Gasteiger partial charge in [0.25, 0.3) is 5.91 Å². The number of ether oxygens (including phenoxy) is 2. The number of benzene rings is 1. The molecule has 1 spiro atoms. The highest BCUT2D eigenvalue weighted by atomic mass is 16.5. The molecule has 156 valence electrons. The van der Waals surface area contributed by atoms with Crippen molar-refractivity contribution >= 4 is 5.91 Å². The molecule has 0 bridgehead atoms. The lowest BCUT2D eigenvalue weighted by atomic mass is 9.72. The SMILES string of the molecule is COc1ccc(C(=O)N2CC(c3nnc(C(C)C)o3)C3(CCOCC3)C2)c(C)c1. The first-order chi connectivity index (χ1) is 13.9. The van der Waals surface area contributed by atoms with Crippen molar-refractivity contribution in [2.75, 3.05) is 33.4 Å². The summed E-state index contributed by atoms with van der Waals surface area (Å²) in [6.45, 7) is 8.70. The third kappa shape index (κ3) is 3.64. The molecule has 1 aromatic carbocycles. The van der Waals surface area contributed by atoms with E-state index in [1.54, 1.807) is 7.11 Å². The molecule has 2 aliphatic heterocycles. The van der Waals surface area contributed by atoms with Crippen LogP contribution in [-0.4, -0.2) is 54.4 Å². The minimum Gasteiger partial charge on any atom is -0.497 e. The maximum Gasteiger partial charge on any atom is 0.254 e. The van der Waals surface area contributed by atoms with Crippen molar-refractivity contribution in [3.8, 4) is 5.75 Å². The molecule has 29 heavy (non-hydrogen) atoms. The van der Waals surface area contributed by atoms with Crippen LogP contribution in [0.15, 0.2) is 22.6 Å². The van der Waals surface area contributed by atoms with Crippen LogP contribution in [0.5, 0.6) is 5.75 Å². The number of rotatable bonds is 4. The van der Waals surface area contributed by atoms with E-state index in [0.717, 1.165) is 24.2 Å². The molecular formula is C22H29N3O4. The molecule has 1 unspecified atom stereocenters. The molecule has 7 nitrogen and oxygen atoms in total. The summed E-state index contributed by atoms with van der Waals surface area (Å²) < 4.78 is 16.9. The number of likely N-dealkylation sites (tertiary alicyclic amines) is 1. The molecular weight excluding hydrogens is 370 g/mol. The molecule has 0 saturated carbocycles. The van der Waals surface area contributed by atoms with Crippen molar-refractivity contribution in [3.05, 3.63) is 41.1 Å². The molecule has 2 aromatic rings. The molecule has 4 rings (SSSR count). The van der Waals surface area contributed by atoms with E-state index in [1.807, 2.05) is 43.9 Å². The molecule has 0 aliphatic carbocycles. The molecule has 1 aromatic heterocycles. The Bertz CT molecular complexity index is 886. The minimum atomic E-state index is -0.0743. The standard InChI is InChI=1S/C22H29N3O4/c1-14(2)19-23-24-20(29-19)18-12-25(13-22(18)7-9-28-10-8-22)21(26)17-6-5-16(27-4)11-15(17)3/h5-6,11,14,18H,7-10,12-13H2,1-4H3.